The van der Waals surface area contributed by atoms with E-state index in [0.717, 1.165) is 12.0 Å². The molecule has 7 heteroatoms. The van der Waals surface area contributed by atoms with Gasteiger partial charge in [-0.05, 0) is 53.5 Å². The molecule has 216 valence electrons. The summed E-state index contributed by atoms with van der Waals surface area (Å²) in [6.07, 6.45) is 2.76. The standard InChI is InChI=1S/C18H31NO.C7H8.C6H6N2O2.CH4S/c1-16(2,3)11-18(7,8)12-9-13(17(4,5)6)15(20)14(19)10-12;1-7-5-3-2-4-6-7;7-5-3-1-2-4-6(5)8(9)10;1-2/h9-10,20H,11,19H2,1-8H3;2-6H,1H3;1-4H,7H2;2H,1H3. The lowest BCUT2D eigenvalue weighted by Gasteiger charge is -2.34. The minimum absolute atomic E-state index is 0.0278. The Kier molecular flexibility index (Phi) is 14.2. The number of para-hydroxylation sites is 2. The summed E-state index contributed by atoms with van der Waals surface area (Å²) in [6, 6.07) is 20.4. The van der Waals surface area contributed by atoms with E-state index in [0.29, 0.717) is 5.69 Å². The molecule has 5 N–H and O–H groups in total. The Hall–Kier alpha value is -3.19. The van der Waals surface area contributed by atoms with Gasteiger partial charge in [-0.15, -0.1) is 0 Å². The number of hydrogen-bond acceptors (Lipinski definition) is 6. The van der Waals surface area contributed by atoms with Crippen molar-refractivity contribution in [1.29, 1.82) is 0 Å². The van der Waals surface area contributed by atoms with Crippen LogP contribution >= 0.6 is 12.6 Å². The van der Waals surface area contributed by atoms with E-state index in [9.17, 15) is 15.2 Å². The van der Waals surface area contributed by atoms with E-state index >= 15 is 0 Å². The maximum Gasteiger partial charge on any atom is 0.292 e. The first-order chi connectivity index (χ1) is 17.8. The molecule has 3 rings (SSSR count). The molecule has 0 amide bonds. The van der Waals surface area contributed by atoms with Crippen LogP contribution in [0.4, 0.5) is 17.1 Å². The van der Waals surface area contributed by atoms with Crippen molar-refractivity contribution >= 4 is 29.7 Å². The van der Waals surface area contributed by atoms with Crippen LogP contribution in [0, 0.1) is 22.5 Å². The number of anilines is 2. The second kappa shape index (κ2) is 15.4. The molecule has 0 radical (unpaired) electrons. The van der Waals surface area contributed by atoms with Gasteiger partial charge >= 0.3 is 0 Å². The molecule has 0 heterocycles. The van der Waals surface area contributed by atoms with E-state index < -0.39 is 4.92 Å². The average molecular weight is 556 g/mol. The van der Waals surface area contributed by atoms with Gasteiger partial charge in [0.05, 0.1) is 10.6 Å². The Morgan fingerprint density at radius 1 is 0.821 bits per heavy atom. The Balaban J connectivity index is 0.000000624. The number of benzene rings is 3. The summed E-state index contributed by atoms with van der Waals surface area (Å²) >= 11 is 3.53. The van der Waals surface area contributed by atoms with Gasteiger partial charge in [-0.2, -0.15) is 12.6 Å². The number of phenols is 1. The summed E-state index contributed by atoms with van der Waals surface area (Å²) in [5.74, 6) is 0.229. The topological polar surface area (TPSA) is 115 Å². The van der Waals surface area contributed by atoms with Gasteiger partial charge in [-0.3, -0.25) is 10.1 Å². The van der Waals surface area contributed by atoms with Crippen LogP contribution in [0.1, 0.15) is 78.5 Å². The number of nitrogens with two attached hydrogens (primary N) is 2. The van der Waals surface area contributed by atoms with Gasteiger partial charge in [-0.1, -0.05) is 109 Å². The Morgan fingerprint density at radius 2 is 1.31 bits per heavy atom. The minimum atomic E-state index is -0.505. The number of rotatable bonds is 3. The van der Waals surface area contributed by atoms with Crippen LogP contribution in [0.2, 0.25) is 0 Å². The van der Waals surface area contributed by atoms with E-state index in [1.54, 1.807) is 18.4 Å². The average Bonchev–Trinajstić information content (AvgIpc) is 2.81. The first kappa shape index (κ1) is 35.8. The van der Waals surface area contributed by atoms with Crippen molar-refractivity contribution < 1.29 is 10.0 Å². The molecule has 0 unspecified atom stereocenters. The smallest absolute Gasteiger partial charge is 0.292 e. The van der Waals surface area contributed by atoms with Crippen LogP contribution in [0.5, 0.6) is 5.75 Å². The van der Waals surface area contributed by atoms with Gasteiger partial charge in [0.2, 0.25) is 0 Å². The predicted molar refractivity (Wildman–Crippen MR) is 172 cm³/mol. The van der Waals surface area contributed by atoms with Crippen LogP contribution in [0.15, 0.2) is 66.7 Å². The lowest BCUT2D eigenvalue weighted by atomic mass is 9.71. The molecule has 0 fully saturated rings. The summed E-state index contributed by atoms with van der Waals surface area (Å²) in [4.78, 5) is 9.64. The van der Waals surface area contributed by atoms with Gasteiger partial charge in [0.15, 0.2) is 0 Å². The van der Waals surface area contributed by atoms with E-state index in [-0.39, 0.29) is 33.4 Å². The number of nitro benzene ring substituents is 1. The number of thiol groups is 1. The third-order valence-corrected chi connectivity index (χ3v) is 5.78. The molecule has 0 aromatic heterocycles. The van der Waals surface area contributed by atoms with Gasteiger partial charge in [0.1, 0.15) is 11.4 Å². The second-order valence-electron chi connectivity index (χ2n) is 12.3. The predicted octanol–water partition coefficient (Wildman–Crippen LogP) is 8.70. The van der Waals surface area contributed by atoms with E-state index in [1.165, 1.54) is 23.3 Å². The first-order valence-corrected chi connectivity index (χ1v) is 13.8. The maximum atomic E-state index is 10.2. The van der Waals surface area contributed by atoms with Gasteiger partial charge in [0.25, 0.3) is 5.69 Å². The number of aromatic hydroxyl groups is 1. The molecule has 0 aliphatic carbocycles. The first-order valence-electron chi connectivity index (χ1n) is 12.9. The quantitative estimate of drug-likeness (QED) is 0.0848. The zero-order valence-electron chi connectivity index (χ0n) is 25.4. The molecule has 0 bridgehead atoms. The monoisotopic (exact) mass is 555 g/mol. The van der Waals surface area contributed by atoms with Crippen molar-refractivity contribution in [2.75, 3.05) is 17.7 Å². The Labute approximate surface area is 241 Å². The fourth-order valence-electron chi connectivity index (χ4n) is 4.24. The van der Waals surface area contributed by atoms with Gasteiger partial charge in [-0.25, -0.2) is 0 Å². The maximum absolute atomic E-state index is 10.2. The third-order valence-electron chi connectivity index (χ3n) is 5.78. The molecular weight excluding hydrogens is 506 g/mol. The SMILES string of the molecule is CC(C)(C)CC(C)(C)c1cc(N)c(O)c(C(C)(C)C)c1.CS.Cc1ccccc1.Nc1ccccc1[N+](=O)[O-]. The molecule has 3 aromatic rings. The van der Waals surface area contributed by atoms with Crippen molar-refractivity contribution in [2.24, 2.45) is 5.41 Å². The van der Waals surface area contributed by atoms with Crippen molar-refractivity contribution in [3.8, 4) is 5.75 Å². The Morgan fingerprint density at radius 3 is 1.67 bits per heavy atom. The summed E-state index contributed by atoms with van der Waals surface area (Å²) < 4.78 is 0. The van der Waals surface area contributed by atoms with Crippen LogP contribution in [0.3, 0.4) is 0 Å². The van der Waals surface area contributed by atoms with Crippen LogP contribution < -0.4 is 11.5 Å². The van der Waals surface area contributed by atoms with Gasteiger partial charge in [0, 0.05) is 11.6 Å². The number of aryl methyl sites for hydroxylation is 1. The van der Waals surface area contributed by atoms with E-state index in [4.69, 9.17) is 11.5 Å². The molecular formula is C32H49N3O3S. The number of nitrogens with zero attached hydrogens (tertiary/aromatic N) is 1. The second-order valence-corrected chi connectivity index (χ2v) is 12.3. The molecule has 0 aliphatic heterocycles. The lowest BCUT2D eigenvalue weighted by Crippen LogP contribution is -2.26. The zero-order valence-corrected chi connectivity index (χ0v) is 26.3. The Bertz CT molecular complexity index is 1170. The highest BCUT2D eigenvalue weighted by atomic mass is 32.1. The molecule has 0 atom stereocenters. The largest absolute Gasteiger partial charge is 0.505 e. The minimum Gasteiger partial charge on any atom is -0.505 e. The van der Waals surface area contributed by atoms with Crippen molar-refractivity contribution in [1.82, 2.24) is 0 Å². The molecule has 0 spiro atoms. The molecule has 0 saturated heterocycles. The van der Waals surface area contributed by atoms with Crippen LogP contribution in [0.25, 0.3) is 0 Å². The molecule has 0 saturated carbocycles. The highest BCUT2D eigenvalue weighted by Crippen LogP contribution is 2.42. The van der Waals surface area contributed by atoms with Gasteiger partial charge < -0.3 is 16.6 Å². The van der Waals surface area contributed by atoms with Crippen molar-refractivity contribution in [2.45, 2.75) is 79.6 Å². The number of nitrogen functional groups attached to an aromatic ring is 2. The fraction of sp³-hybridized carbons (Fsp3) is 0.438. The van der Waals surface area contributed by atoms with Crippen LogP contribution in [-0.4, -0.2) is 16.3 Å². The van der Waals surface area contributed by atoms with E-state index in [2.05, 4.69) is 93.1 Å². The normalized spacial score (nSPS) is 11.1. The van der Waals surface area contributed by atoms with E-state index in [1.807, 2.05) is 24.3 Å². The molecule has 0 aliphatic rings. The molecule has 6 nitrogen and oxygen atoms in total. The lowest BCUT2D eigenvalue weighted by molar-refractivity contribution is -0.383. The molecule has 3 aromatic carbocycles. The number of nitro groups is 1. The summed E-state index contributed by atoms with van der Waals surface area (Å²) in [6.45, 7) is 19.6. The zero-order chi connectivity index (χ0) is 30.6. The third kappa shape index (κ3) is 12.9. The summed E-state index contributed by atoms with van der Waals surface area (Å²) in [7, 11) is 0. The van der Waals surface area contributed by atoms with Crippen LogP contribution in [-0.2, 0) is 10.8 Å². The van der Waals surface area contributed by atoms with Crippen molar-refractivity contribution in [3.63, 3.8) is 0 Å². The number of hydrogen-bond donors (Lipinski definition) is 4. The summed E-state index contributed by atoms with van der Waals surface area (Å²) in [5, 5.41) is 20.4. The van der Waals surface area contributed by atoms with Crippen molar-refractivity contribution in [3.05, 3.63) is 93.5 Å². The molecule has 39 heavy (non-hydrogen) atoms. The highest BCUT2D eigenvalue weighted by molar-refractivity contribution is 7.79. The summed E-state index contributed by atoms with van der Waals surface area (Å²) in [5.41, 5.74) is 15.6. The highest BCUT2D eigenvalue weighted by Gasteiger charge is 2.30. The fourth-order valence-corrected chi connectivity index (χ4v) is 4.24. The number of phenolic OH excluding ortho intramolecular Hbond substituents is 1.